The molecule has 0 aliphatic carbocycles. The van der Waals surface area contributed by atoms with Crippen LogP contribution in [0.15, 0.2) is 36.5 Å². The van der Waals surface area contributed by atoms with Crippen LogP contribution in [0.2, 0.25) is 0 Å². The highest BCUT2D eigenvalue weighted by molar-refractivity contribution is 5.71. The summed E-state index contributed by atoms with van der Waals surface area (Å²) in [5, 5.41) is 11.5. The maximum absolute atomic E-state index is 11.7. The number of alkyl carbamates (subject to hydrolysis) is 1. The minimum Gasteiger partial charge on any atom is -0.481 e. The molecule has 21 heavy (non-hydrogen) atoms. The molecule has 0 saturated heterocycles. The Kier molecular flexibility index (Phi) is 8.12. The van der Waals surface area contributed by atoms with Gasteiger partial charge in [0.1, 0.15) is 5.60 Å². The van der Waals surface area contributed by atoms with Crippen molar-refractivity contribution in [2.75, 3.05) is 0 Å². The van der Waals surface area contributed by atoms with Gasteiger partial charge in [0.2, 0.25) is 0 Å². The second-order valence-electron chi connectivity index (χ2n) is 5.73. The average Bonchev–Trinajstić information content (AvgIpc) is 2.25. The van der Waals surface area contributed by atoms with Gasteiger partial charge in [-0.1, -0.05) is 36.5 Å². The Morgan fingerprint density at radius 1 is 1.38 bits per heavy atom. The zero-order valence-corrected chi connectivity index (χ0v) is 13.2. The molecule has 1 amide bonds. The van der Waals surface area contributed by atoms with Gasteiger partial charge in [0.15, 0.2) is 0 Å². The van der Waals surface area contributed by atoms with Crippen LogP contribution in [0.25, 0.3) is 0 Å². The SMILES string of the molecule is C=C/C=C(C)\C=C/C[C@@H](CC(=O)O)NC(=O)OC(C)(C)C. The molecule has 5 heteroatoms. The van der Waals surface area contributed by atoms with Crippen LogP contribution in [0, 0.1) is 0 Å². The lowest BCUT2D eigenvalue weighted by molar-refractivity contribution is -0.137. The topological polar surface area (TPSA) is 75.6 Å². The summed E-state index contributed by atoms with van der Waals surface area (Å²) >= 11 is 0. The monoisotopic (exact) mass is 295 g/mol. The molecule has 0 aromatic heterocycles. The summed E-state index contributed by atoms with van der Waals surface area (Å²) in [6, 6.07) is -0.509. The van der Waals surface area contributed by atoms with Crippen LogP contribution in [-0.4, -0.2) is 28.8 Å². The quantitative estimate of drug-likeness (QED) is 0.705. The smallest absolute Gasteiger partial charge is 0.407 e. The first kappa shape index (κ1) is 19.0. The minimum absolute atomic E-state index is 0.159. The van der Waals surface area contributed by atoms with Crippen LogP contribution >= 0.6 is 0 Å². The second-order valence-corrected chi connectivity index (χ2v) is 5.73. The van der Waals surface area contributed by atoms with Crippen LogP contribution in [0.4, 0.5) is 4.79 Å². The molecular formula is C16H25NO4. The number of carboxylic acids is 1. The Labute approximate surface area is 126 Å². The molecule has 0 aromatic rings. The second kappa shape index (κ2) is 9.00. The van der Waals surface area contributed by atoms with Gasteiger partial charge in [-0.3, -0.25) is 4.79 Å². The first-order chi connectivity index (χ1) is 9.64. The Bertz CT molecular complexity index is 430. The largest absolute Gasteiger partial charge is 0.481 e. The molecule has 0 aliphatic rings. The predicted molar refractivity (Wildman–Crippen MR) is 83.1 cm³/mol. The number of aliphatic carboxylic acids is 1. The zero-order chi connectivity index (χ0) is 16.5. The molecule has 0 aromatic carbocycles. The fourth-order valence-corrected chi connectivity index (χ4v) is 1.54. The number of carboxylic acid groups (broad SMARTS) is 1. The van der Waals surface area contributed by atoms with Gasteiger partial charge >= 0.3 is 12.1 Å². The minimum atomic E-state index is -0.970. The highest BCUT2D eigenvalue weighted by Crippen LogP contribution is 2.09. The third-order valence-corrected chi connectivity index (χ3v) is 2.32. The van der Waals surface area contributed by atoms with E-state index in [4.69, 9.17) is 9.84 Å². The van der Waals surface area contributed by atoms with Crippen molar-refractivity contribution in [1.29, 1.82) is 0 Å². The molecular weight excluding hydrogens is 270 g/mol. The van der Waals surface area contributed by atoms with Crippen molar-refractivity contribution in [1.82, 2.24) is 5.32 Å². The molecule has 5 nitrogen and oxygen atoms in total. The van der Waals surface area contributed by atoms with Crippen LogP contribution in [0.3, 0.4) is 0 Å². The van der Waals surface area contributed by atoms with Crippen LogP contribution < -0.4 is 5.32 Å². The van der Waals surface area contributed by atoms with Crippen molar-refractivity contribution in [3.8, 4) is 0 Å². The number of hydrogen-bond acceptors (Lipinski definition) is 3. The van der Waals surface area contributed by atoms with Crippen LogP contribution in [0.5, 0.6) is 0 Å². The summed E-state index contributed by atoms with van der Waals surface area (Å²) in [4.78, 5) is 22.5. The molecule has 0 rings (SSSR count). The van der Waals surface area contributed by atoms with Crippen molar-refractivity contribution >= 4 is 12.1 Å². The lowest BCUT2D eigenvalue weighted by atomic mass is 10.1. The Morgan fingerprint density at radius 2 is 2.00 bits per heavy atom. The summed E-state index contributed by atoms with van der Waals surface area (Å²) in [6.07, 6.45) is 6.83. The van der Waals surface area contributed by atoms with E-state index in [1.165, 1.54) is 0 Å². The van der Waals surface area contributed by atoms with Gasteiger partial charge in [-0.15, -0.1) is 0 Å². The van der Waals surface area contributed by atoms with Crippen LogP contribution in [0.1, 0.15) is 40.5 Å². The van der Waals surface area contributed by atoms with Crippen molar-refractivity contribution < 1.29 is 19.4 Å². The third kappa shape index (κ3) is 11.5. The van der Waals surface area contributed by atoms with Crippen LogP contribution in [-0.2, 0) is 9.53 Å². The number of nitrogens with one attached hydrogen (secondary N) is 1. The Morgan fingerprint density at radius 3 is 2.48 bits per heavy atom. The maximum Gasteiger partial charge on any atom is 0.407 e. The van der Waals surface area contributed by atoms with Gasteiger partial charge in [0, 0.05) is 6.04 Å². The van der Waals surface area contributed by atoms with Gasteiger partial charge in [0.05, 0.1) is 6.42 Å². The van der Waals surface area contributed by atoms with E-state index in [1.807, 2.05) is 25.2 Å². The number of carbonyl (C=O) groups is 2. The number of carbonyl (C=O) groups excluding carboxylic acids is 1. The molecule has 118 valence electrons. The summed E-state index contributed by atoms with van der Waals surface area (Å²) in [5.74, 6) is -0.970. The van der Waals surface area contributed by atoms with E-state index < -0.39 is 23.7 Å². The van der Waals surface area contributed by atoms with E-state index in [9.17, 15) is 9.59 Å². The van der Waals surface area contributed by atoms with Gasteiger partial charge in [-0.05, 0) is 34.1 Å². The molecule has 0 bridgehead atoms. The molecule has 0 saturated carbocycles. The van der Waals surface area contributed by atoms with Gasteiger partial charge in [-0.25, -0.2) is 4.79 Å². The molecule has 1 atom stereocenters. The molecule has 0 fully saturated rings. The summed E-state index contributed by atoms with van der Waals surface area (Å²) in [7, 11) is 0. The number of rotatable bonds is 7. The predicted octanol–water partition coefficient (Wildman–Crippen LogP) is 3.43. The van der Waals surface area contributed by atoms with Crippen molar-refractivity contribution in [2.24, 2.45) is 0 Å². The fourth-order valence-electron chi connectivity index (χ4n) is 1.54. The molecule has 0 unspecified atom stereocenters. The normalized spacial score (nSPS) is 13.8. The van der Waals surface area contributed by atoms with E-state index in [-0.39, 0.29) is 6.42 Å². The van der Waals surface area contributed by atoms with E-state index in [0.29, 0.717) is 6.42 Å². The molecule has 0 aliphatic heterocycles. The molecule has 2 N–H and O–H groups in total. The highest BCUT2D eigenvalue weighted by atomic mass is 16.6. The number of allylic oxidation sites excluding steroid dienone is 4. The number of amides is 1. The van der Waals surface area contributed by atoms with Gasteiger partial charge < -0.3 is 15.2 Å². The lowest BCUT2D eigenvalue weighted by Crippen LogP contribution is -2.40. The van der Waals surface area contributed by atoms with E-state index >= 15 is 0 Å². The molecule has 0 spiro atoms. The van der Waals surface area contributed by atoms with E-state index in [2.05, 4.69) is 11.9 Å². The van der Waals surface area contributed by atoms with Crippen molar-refractivity contribution in [3.05, 3.63) is 36.5 Å². The average molecular weight is 295 g/mol. The Balaban J connectivity index is 4.59. The standard InChI is InChI=1S/C16H25NO4/c1-6-8-12(2)9-7-10-13(11-14(18)19)17-15(20)21-16(3,4)5/h6-9,13H,1,10-11H2,2-5H3,(H,17,20)(H,18,19)/b9-7-,12-8-/t13-/m0/s1. The van der Waals surface area contributed by atoms with E-state index in [1.54, 1.807) is 26.8 Å². The Hall–Kier alpha value is -2.04. The highest BCUT2D eigenvalue weighted by Gasteiger charge is 2.20. The van der Waals surface area contributed by atoms with Gasteiger partial charge in [-0.2, -0.15) is 0 Å². The number of hydrogen-bond donors (Lipinski definition) is 2. The summed E-state index contributed by atoms with van der Waals surface area (Å²) in [5.41, 5.74) is 0.383. The summed E-state index contributed by atoms with van der Waals surface area (Å²) in [6.45, 7) is 10.8. The first-order valence-electron chi connectivity index (χ1n) is 6.81. The zero-order valence-electron chi connectivity index (χ0n) is 13.2. The van der Waals surface area contributed by atoms with Crippen molar-refractivity contribution in [3.63, 3.8) is 0 Å². The van der Waals surface area contributed by atoms with E-state index in [0.717, 1.165) is 5.57 Å². The first-order valence-corrected chi connectivity index (χ1v) is 6.81. The van der Waals surface area contributed by atoms with Gasteiger partial charge in [0.25, 0.3) is 0 Å². The lowest BCUT2D eigenvalue weighted by Gasteiger charge is -2.22. The fraction of sp³-hybridized carbons (Fsp3) is 0.500. The molecule has 0 heterocycles. The number of ether oxygens (including phenoxy) is 1. The molecule has 0 radical (unpaired) electrons. The third-order valence-electron chi connectivity index (χ3n) is 2.32. The van der Waals surface area contributed by atoms with Crippen molar-refractivity contribution in [2.45, 2.75) is 52.2 Å². The summed E-state index contributed by atoms with van der Waals surface area (Å²) < 4.78 is 5.12. The maximum atomic E-state index is 11.7.